The first-order valence-electron chi connectivity index (χ1n) is 3.35. The monoisotopic (exact) mass is 152 g/mol. The Morgan fingerprint density at radius 2 is 1.78 bits per heavy atom. The van der Waals surface area contributed by atoms with E-state index < -0.39 is 0 Å². The number of hydrogen-bond acceptors (Lipinski definition) is 0. The highest BCUT2D eigenvalue weighted by molar-refractivity contribution is 7.10. The zero-order valence-corrected chi connectivity index (χ0v) is 9.12. The van der Waals surface area contributed by atoms with E-state index in [1.54, 1.807) is 5.19 Å². The molecule has 48 valence electrons. The second-order valence-electron chi connectivity index (χ2n) is 2.57. The van der Waals surface area contributed by atoms with Crippen molar-refractivity contribution in [2.24, 2.45) is 0 Å². The molecule has 0 aliphatic rings. The third-order valence-corrected chi connectivity index (χ3v) is 5.18. The molecule has 9 heavy (non-hydrogen) atoms. The van der Waals surface area contributed by atoms with Gasteiger partial charge in [0.1, 0.15) is 0 Å². The highest BCUT2D eigenvalue weighted by Gasteiger charge is 1.95. The molecule has 0 fully saturated rings. The Kier molecular flexibility index (Phi) is 2.25. The molecule has 0 saturated carbocycles. The van der Waals surface area contributed by atoms with Crippen molar-refractivity contribution in [1.82, 2.24) is 0 Å². The molecule has 0 N–H and O–H groups in total. The highest BCUT2D eigenvalue weighted by atomic mass is 29.1. The summed E-state index contributed by atoms with van der Waals surface area (Å²) in [6.07, 6.45) is 0. The van der Waals surface area contributed by atoms with E-state index in [0.29, 0.717) is 0 Å². The number of rotatable bonds is 1. The molecule has 1 unspecified atom stereocenters. The van der Waals surface area contributed by atoms with Gasteiger partial charge in [-0.05, 0) is 0 Å². The zero-order valence-electron chi connectivity index (χ0n) is 5.96. The van der Waals surface area contributed by atoms with Crippen molar-refractivity contribution in [1.29, 1.82) is 0 Å². The fourth-order valence-electron chi connectivity index (χ4n) is 0.838. The van der Waals surface area contributed by atoms with Gasteiger partial charge in [0.05, 0.1) is 8.31 Å². The minimum atomic E-state index is -0.390. The van der Waals surface area contributed by atoms with Crippen molar-refractivity contribution in [3.63, 3.8) is 0 Å². The topological polar surface area (TPSA) is 0 Å². The van der Waals surface area contributed by atoms with Crippen LogP contribution in [0.15, 0.2) is 30.3 Å². The van der Waals surface area contributed by atoms with Crippen LogP contribution >= 0.6 is 0 Å². The van der Waals surface area contributed by atoms with E-state index in [-0.39, 0.29) is 8.31 Å². The predicted octanol–water partition coefficient (Wildman–Crippen LogP) is -0.387. The smallest absolute Gasteiger partial charge is 0.0508 e. The molecule has 0 heterocycles. The van der Waals surface area contributed by atoms with E-state index in [4.69, 9.17) is 0 Å². The lowest BCUT2D eigenvalue weighted by Crippen LogP contribution is -2.26. The standard InChI is InChI=1S/C7H12Si2/c1-9(8)7-5-3-2-4-6-7/h2-6,9H,1,8H3. The summed E-state index contributed by atoms with van der Waals surface area (Å²) in [5.41, 5.74) is 0. The Morgan fingerprint density at radius 3 is 2.11 bits per heavy atom. The van der Waals surface area contributed by atoms with Gasteiger partial charge in [0, 0.05) is 9.76 Å². The minimum Gasteiger partial charge on any atom is -0.0707 e. The van der Waals surface area contributed by atoms with Crippen LogP contribution in [-0.2, 0) is 0 Å². The summed E-state index contributed by atoms with van der Waals surface area (Å²) in [4.78, 5) is 0. The van der Waals surface area contributed by atoms with Gasteiger partial charge in [-0.1, -0.05) is 42.1 Å². The van der Waals surface area contributed by atoms with E-state index in [0.717, 1.165) is 0 Å². The van der Waals surface area contributed by atoms with E-state index in [1.807, 2.05) is 0 Å². The lowest BCUT2D eigenvalue weighted by Gasteiger charge is -1.99. The molecule has 1 rings (SSSR count). The van der Waals surface area contributed by atoms with Crippen molar-refractivity contribution in [2.45, 2.75) is 6.55 Å². The van der Waals surface area contributed by atoms with E-state index in [1.165, 1.54) is 9.76 Å². The third kappa shape index (κ3) is 1.80. The molecule has 2 heteroatoms. The summed E-state index contributed by atoms with van der Waals surface area (Å²) in [7, 11) is 1.01. The Balaban J connectivity index is 2.85. The molecule has 0 aromatic heterocycles. The summed E-state index contributed by atoms with van der Waals surface area (Å²) in [6, 6.07) is 10.9. The summed E-state index contributed by atoms with van der Waals surface area (Å²) < 4.78 is 0. The van der Waals surface area contributed by atoms with Gasteiger partial charge in [-0.2, -0.15) is 0 Å². The van der Waals surface area contributed by atoms with Crippen LogP contribution < -0.4 is 5.19 Å². The van der Waals surface area contributed by atoms with Crippen LogP contribution in [0.4, 0.5) is 0 Å². The molecule has 0 nitrogen and oxygen atoms in total. The lowest BCUT2D eigenvalue weighted by molar-refractivity contribution is 1.76. The molecule has 0 aliphatic heterocycles. The van der Waals surface area contributed by atoms with E-state index in [9.17, 15) is 0 Å². The molecule has 0 aliphatic carbocycles. The second-order valence-corrected chi connectivity index (χ2v) is 10.7. The molecule has 0 radical (unpaired) electrons. The summed E-state index contributed by atoms with van der Waals surface area (Å²) in [5, 5.41) is 1.61. The average molecular weight is 152 g/mol. The van der Waals surface area contributed by atoms with Crippen LogP contribution in [0, 0.1) is 0 Å². The maximum absolute atomic E-state index is 2.40. The van der Waals surface area contributed by atoms with Gasteiger partial charge in [-0.3, -0.25) is 0 Å². The van der Waals surface area contributed by atoms with Crippen LogP contribution in [0.3, 0.4) is 0 Å². The van der Waals surface area contributed by atoms with Gasteiger partial charge in [0.25, 0.3) is 0 Å². The van der Waals surface area contributed by atoms with Gasteiger partial charge in [0.15, 0.2) is 0 Å². The van der Waals surface area contributed by atoms with Crippen LogP contribution in [0.5, 0.6) is 0 Å². The Hall–Kier alpha value is -0.346. The first-order chi connectivity index (χ1) is 4.30. The van der Waals surface area contributed by atoms with Crippen molar-refractivity contribution >= 4 is 23.3 Å². The third-order valence-electron chi connectivity index (χ3n) is 1.47. The van der Waals surface area contributed by atoms with Crippen molar-refractivity contribution in [3.8, 4) is 0 Å². The van der Waals surface area contributed by atoms with E-state index in [2.05, 4.69) is 36.9 Å². The van der Waals surface area contributed by atoms with Crippen molar-refractivity contribution < 1.29 is 0 Å². The van der Waals surface area contributed by atoms with Gasteiger partial charge >= 0.3 is 0 Å². The van der Waals surface area contributed by atoms with Crippen LogP contribution in [-0.4, -0.2) is 18.1 Å². The van der Waals surface area contributed by atoms with E-state index >= 15 is 0 Å². The molecule has 1 aromatic rings. The van der Waals surface area contributed by atoms with Crippen molar-refractivity contribution in [2.75, 3.05) is 0 Å². The zero-order chi connectivity index (χ0) is 6.69. The van der Waals surface area contributed by atoms with Crippen molar-refractivity contribution in [3.05, 3.63) is 30.3 Å². The Bertz CT molecular complexity index is 170. The largest absolute Gasteiger partial charge is 0.0707 e. The van der Waals surface area contributed by atoms with Gasteiger partial charge < -0.3 is 0 Å². The van der Waals surface area contributed by atoms with Gasteiger partial charge in [-0.25, -0.2) is 0 Å². The molecular formula is C7H12Si2. The predicted molar refractivity (Wildman–Crippen MR) is 49.0 cm³/mol. The molecule has 0 amide bonds. The SMILES string of the molecule is C[SiH]([SiH3])c1ccccc1. The first-order valence-corrected chi connectivity index (χ1v) is 9.70. The Morgan fingerprint density at radius 1 is 1.22 bits per heavy atom. The molecule has 0 bridgehead atoms. The van der Waals surface area contributed by atoms with Crippen LogP contribution in [0.25, 0.3) is 0 Å². The van der Waals surface area contributed by atoms with Crippen LogP contribution in [0.2, 0.25) is 6.55 Å². The fraction of sp³-hybridized carbons (Fsp3) is 0.143. The first kappa shape index (κ1) is 6.77. The lowest BCUT2D eigenvalue weighted by atomic mass is 10.4. The molecule has 0 spiro atoms. The summed E-state index contributed by atoms with van der Waals surface area (Å²) >= 11 is 0. The summed E-state index contributed by atoms with van der Waals surface area (Å²) in [5.74, 6) is 0. The second kappa shape index (κ2) is 2.99. The molecule has 1 atom stereocenters. The maximum atomic E-state index is 2.40. The summed E-state index contributed by atoms with van der Waals surface area (Å²) in [6.45, 7) is 2.40. The van der Waals surface area contributed by atoms with Gasteiger partial charge in [0.2, 0.25) is 0 Å². The highest BCUT2D eigenvalue weighted by Crippen LogP contribution is 1.83. The number of hydrogen-bond donors (Lipinski definition) is 0. The molecular weight excluding hydrogens is 140 g/mol. The maximum Gasteiger partial charge on any atom is 0.0508 e. The fourth-order valence-corrected chi connectivity index (χ4v) is 2.98. The molecule has 0 saturated heterocycles. The average Bonchev–Trinajstić information content (AvgIpc) is 1.90. The van der Waals surface area contributed by atoms with Crippen LogP contribution in [0.1, 0.15) is 0 Å². The Labute approximate surface area is 60.7 Å². The quantitative estimate of drug-likeness (QED) is 0.481. The normalized spacial score (nSPS) is 13.4. The minimum absolute atomic E-state index is 0.390. The van der Waals surface area contributed by atoms with Gasteiger partial charge in [-0.15, -0.1) is 0 Å². The number of benzene rings is 1. The molecule has 1 aromatic carbocycles.